The number of nitriles is 1. The molecule has 0 atom stereocenters. The molecule has 4 nitrogen and oxygen atoms in total. The average Bonchev–Trinajstić information content (AvgIpc) is 2.54. The summed E-state index contributed by atoms with van der Waals surface area (Å²) >= 11 is 0. The number of anilines is 2. The first-order valence-electron chi connectivity index (χ1n) is 6.78. The van der Waals surface area contributed by atoms with E-state index < -0.39 is 0 Å². The van der Waals surface area contributed by atoms with Gasteiger partial charge < -0.3 is 10.2 Å². The lowest BCUT2D eigenvalue weighted by molar-refractivity contribution is 0.0993. The van der Waals surface area contributed by atoms with Crippen LogP contribution in [0.4, 0.5) is 11.4 Å². The molecule has 106 valence electrons. The van der Waals surface area contributed by atoms with Crippen LogP contribution in [0, 0.1) is 11.3 Å². The van der Waals surface area contributed by atoms with Crippen molar-refractivity contribution in [3.8, 4) is 6.07 Å². The molecule has 0 radical (unpaired) electrons. The first-order chi connectivity index (χ1) is 10.2. The zero-order valence-corrected chi connectivity index (χ0v) is 12.1. The van der Waals surface area contributed by atoms with Crippen molar-refractivity contribution in [1.29, 1.82) is 5.26 Å². The SMILES string of the molecule is CCNc1ccc(C(=O)N(C)c2ccc(C#N)cc2)cc1. The van der Waals surface area contributed by atoms with E-state index in [1.54, 1.807) is 48.3 Å². The van der Waals surface area contributed by atoms with Crippen LogP contribution in [0.25, 0.3) is 0 Å². The molecule has 1 amide bonds. The maximum Gasteiger partial charge on any atom is 0.258 e. The van der Waals surface area contributed by atoms with Crippen LogP contribution in [0.1, 0.15) is 22.8 Å². The number of nitrogens with one attached hydrogen (secondary N) is 1. The van der Waals surface area contributed by atoms with Crippen LogP contribution >= 0.6 is 0 Å². The van der Waals surface area contributed by atoms with Gasteiger partial charge in [0.25, 0.3) is 5.91 Å². The molecule has 0 aliphatic rings. The zero-order chi connectivity index (χ0) is 15.2. The molecule has 0 heterocycles. The minimum atomic E-state index is -0.0808. The average molecular weight is 279 g/mol. The minimum absolute atomic E-state index is 0.0808. The van der Waals surface area contributed by atoms with Crippen molar-refractivity contribution >= 4 is 17.3 Å². The first kappa shape index (κ1) is 14.6. The van der Waals surface area contributed by atoms with E-state index in [9.17, 15) is 4.79 Å². The molecule has 0 spiro atoms. The monoisotopic (exact) mass is 279 g/mol. The van der Waals surface area contributed by atoms with Gasteiger partial charge in [-0.1, -0.05) is 0 Å². The predicted molar refractivity (Wildman–Crippen MR) is 84.5 cm³/mol. The molecule has 2 aromatic rings. The first-order valence-corrected chi connectivity index (χ1v) is 6.78. The molecular formula is C17H17N3O. The van der Waals surface area contributed by atoms with Gasteiger partial charge in [0.1, 0.15) is 0 Å². The standard InChI is InChI=1S/C17H17N3O/c1-3-19-15-8-6-14(7-9-15)17(21)20(2)16-10-4-13(12-18)5-11-16/h4-11,19H,3H2,1-2H3. The normalized spacial score (nSPS) is 9.76. The Morgan fingerprint density at radius 1 is 1.14 bits per heavy atom. The van der Waals surface area contributed by atoms with Gasteiger partial charge >= 0.3 is 0 Å². The van der Waals surface area contributed by atoms with E-state index in [1.165, 1.54) is 0 Å². The van der Waals surface area contributed by atoms with Crippen molar-refractivity contribution in [1.82, 2.24) is 0 Å². The second kappa shape index (κ2) is 6.58. The topological polar surface area (TPSA) is 56.1 Å². The largest absolute Gasteiger partial charge is 0.385 e. The molecule has 0 unspecified atom stereocenters. The fraction of sp³-hybridized carbons (Fsp3) is 0.176. The molecule has 0 fully saturated rings. The Kier molecular flexibility index (Phi) is 4.57. The molecule has 4 heteroatoms. The van der Waals surface area contributed by atoms with Gasteiger partial charge in [0.05, 0.1) is 11.6 Å². The molecule has 0 aliphatic carbocycles. The maximum absolute atomic E-state index is 12.4. The Hall–Kier alpha value is -2.80. The third-order valence-electron chi connectivity index (χ3n) is 3.20. The van der Waals surface area contributed by atoms with E-state index in [0.29, 0.717) is 11.1 Å². The van der Waals surface area contributed by atoms with Gasteiger partial charge in [-0.15, -0.1) is 0 Å². The summed E-state index contributed by atoms with van der Waals surface area (Å²) in [6, 6.07) is 16.4. The Bertz CT molecular complexity index is 654. The number of hydrogen-bond donors (Lipinski definition) is 1. The van der Waals surface area contributed by atoms with Crippen molar-refractivity contribution in [2.24, 2.45) is 0 Å². The minimum Gasteiger partial charge on any atom is -0.385 e. The van der Waals surface area contributed by atoms with Gasteiger partial charge in [0, 0.05) is 30.5 Å². The van der Waals surface area contributed by atoms with Crippen LogP contribution in [-0.2, 0) is 0 Å². The summed E-state index contributed by atoms with van der Waals surface area (Å²) in [7, 11) is 1.72. The lowest BCUT2D eigenvalue weighted by Gasteiger charge is -2.17. The summed E-state index contributed by atoms with van der Waals surface area (Å²) in [6.45, 7) is 2.87. The number of carbonyl (C=O) groups is 1. The highest BCUT2D eigenvalue weighted by Crippen LogP contribution is 2.17. The van der Waals surface area contributed by atoms with Crippen molar-refractivity contribution in [3.63, 3.8) is 0 Å². The summed E-state index contributed by atoms with van der Waals surface area (Å²) in [6.07, 6.45) is 0. The predicted octanol–water partition coefficient (Wildman–Crippen LogP) is 3.27. The molecule has 2 rings (SSSR count). The van der Waals surface area contributed by atoms with Crippen LogP contribution in [0.15, 0.2) is 48.5 Å². The summed E-state index contributed by atoms with van der Waals surface area (Å²) in [5.74, 6) is -0.0808. The molecule has 0 aliphatic heterocycles. The molecule has 0 saturated heterocycles. The van der Waals surface area contributed by atoms with Gasteiger partial charge in [-0.05, 0) is 55.5 Å². The van der Waals surface area contributed by atoms with Crippen molar-refractivity contribution in [2.75, 3.05) is 23.8 Å². The molecule has 2 aromatic carbocycles. The van der Waals surface area contributed by atoms with Crippen LogP contribution in [0.5, 0.6) is 0 Å². The van der Waals surface area contributed by atoms with Gasteiger partial charge in [-0.25, -0.2) is 0 Å². The van der Waals surface area contributed by atoms with Crippen LogP contribution in [0.3, 0.4) is 0 Å². The molecule has 0 aromatic heterocycles. The van der Waals surface area contributed by atoms with E-state index in [1.807, 2.05) is 19.1 Å². The van der Waals surface area contributed by atoms with Gasteiger partial charge in [0.2, 0.25) is 0 Å². The summed E-state index contributed by atoms with van der Waals surface area (Å²) < 4.78 is 0. The van der Waals surface area contributed by atoms with Crippen molar-refractivity contribution in [3.05, 3.63) is 59.7 Å². The number of hydrogen-bond acceptors (Lipinski definition) is 3. The van der Waals surface area contributed by atoms with Crippen molar-refractivity contribution < 1.29 is 4.79 Å². The fourth-order valence-electron chi connectivity index (χ4n) is 2.01. The summed E-state index contributed by atoms with van der Waals surface area (Å²) in [5, 5.41) is 12.0. The number of nitrogens with zero attached hydrogens (tertiary/aromatic N) is 2. The lowest BCUT2D eigenvalue weighted by atomic mass is 10.1. The molecule has 21 heavy (non-hydrogen) atoms. The van der Waals surface area contributed by atoms with Gasteiger partial charge in [0.15, 0.2) is 0 Å². The highest BCUT2D eigenvalue weighted by Gasteiger charge is 2.13. The van der Waals surface area contributed by atoms with Crippen molar-refractivity contribution in [2.45, 2.75) is 6.92 Å². The zero-order valence-electron chi connectivity index (χ0n) is 12.1. The number of amides is 1. The second-order valence-electron chi connectivity index (χ2n) is 4.63. The number of carbonyl (C=O) groups excluding carboxylic acids is 1. The Balaban J connectivity index is 2.16. The molecule has 1 N–H and O–H groups in total. The number of benzene rings is 2. The quantitative estimate of drug-likeness (QED) is 0.934. The summed E-state index contributed by atoms with van der Waals surface area (Å²) in [5.41, 5.74) is 2.96. The Labute approximate surface area is 124 Å². The Morgan fingerprint density at radius 3 is 2.29 bits per heavy atom. The van der Waals surface area contributed by atoms with E-state index in [-0.39, 0.29) is 5.91 Å². The molecule has 0 saturated carbocycles. The maximum atomic E-state index is 12.4. The smallest absolute Gasteiger partial charge is 0.258 e. The van der Waals surface area contributed by atoms with E-state index in [0.717, 1.165) is 17.9 Å². The second-order valence-corrected chi connectivity index (χ2v) is 4.63. The van der Waals surface area contributed by atoms with E-state index in [4.69, 9.17) is 5.26 Å². The molecule has 0 bridgehead atoms. The van der Waals surface area contributed by atoms with Gasteiger partial charge in [-0.3, -0.25) is 4.79 Å². The van der Waals surface area contributed by atoms with Crippen LogP contribution in [-0.4, -0.2) is 19.5 Å². The third kappa shape index (κ3) is 3.40. The molecular weight excluding hydrogens is 262 g/mol. The Morgan fingerprint density at radius 2 is 1.76 bits per heavy atom. The van der Waals surface area contributed by atoms with E-state index >= 15 is 0 Å². The third-order valence-corrected chi connectivity index (χ3v) is 3.20. The fourth-order valence-corrected chi connectivity index (χ4v) is 2.01. The lowest BCUT2D eigenvalue weighted by Crippen LogP contribution is -2.26. The van der Waals surface area contributed by atoms with E-state index in [2.05, 4.69) is 11.4 Å². The van der Waals surface area contributed by atoms with Crippen LogP contribution < -0.4 is 10.2 Å². The summed E-state index contributed by atoms with van der Waals surface area (Å²) in [4.78, 5) is 14.0. The van der Waals surface area contributed by atoms with Gasteiger partial charge in [-0.2, -0.15) is 5.26 Å². The highest BCUT2D eigenvalue weighted by atomic mass is 16.2. The highest BCUT2D eigenvalue weighted by molar-refractivity contribution is 6.05. The number of rotatable bonds is 4. The van der Waals surface area contributed by atoms with Crippen LogP contribution in [0.2, 0.25) is 0 Å².